The predicted octanol–water partition coefficient (Wildman–Crippen LogP) is 5.11. The van der Waals surface area contributed by atoms with Crippen LogP contribution in [0.3, 0.4) is 0 Å². The molecule has 2 aliphatic rings. The van der Waals surface area contributed by atoms with Crippen LogP contribution in [0.4, 0.5) is 5.69 Å². The number of fused-ring (bicyclic) bond motifs is 2. The van der Waals surface area contributed by atoms with Crippen molar-refractivity contribution < 1.29 is 5.11 Å². The number of hydrogen-bond acceptors (Lipinski definition) is 4. The van der Waals surface area contributed by atoms with E-state index in [0.717, 1.165) is 59.6 Å². The van der Waals surface area contributed by atoms with E-state index in [1.807, 2.05) is 24.3 Å². The molecular weight excluding hydrogens is 382 g/mol. The van der Waals surface area contributed by atoms with Crippen LogP contribution < -0.4 is 5.73 Å². The summed E-state index contributed by atoms with van der Waals surface area (Å²) in [5, 5.41) is 12.1. The number of nitrogen functional groups attached to an aromatic ring is 1. The molecular formula is C27H33N3O. The molecule has 1 aliphatic carbocycles. The smallest absolute Gasteiger partial charge is 0.0856 e. The molecule has 5 rings (SSSR count). The Hall–Kier alpha value is -2.43. The monoisotopic (exact) mass is 415 g/mol. The van der Waals surface area contributed by atoms with E-state index < -0.39 is 6.10 Å². The number of hydrogen-bond donors (Lipinski definition) is 2. The van der Waals surface area contributed by atoms with Crippen molar-refractivity contribution in [3.05, 3.63) is 71.4 Å². The third-order valence-electron chi connectivity index (χ3n) is 7.45. The van der Waals surface area contributed by atoms with Crippen molar-refractivity contribution in [2.75, 3.05) is 18.8 Å². The molecule has 4 heteroatoms. The van der Waals surface area contributed by atoms with Crippen molar-refractivity contribution in [3.63, 3.8) is 0 Å². The van der Waals surface area contributed by atoms with Crippen molar-refractivity contribution in [1.29, 1.82) is 0 Å². The molecule has 1 aliphatic heterocycles. The van der Waals surface area contributed by atoms with Crippen LogP contribution in [-0.2, 0) is 13.0 Å². The normalized spacial score (nSPS) is 22.5. The van der Waals surface area contributed by atoms with Gasteiger partial charge in [-0.3, -0.25) is 9.88 Å². The van der Waals surface area contributed by atoms with E-state index in [1.54, 1.807) is 0 Å². The largest absolute Gasteiger partial charge is 0.398 e. The van der Waals surface area contributed by atoms with Gasteiger partial charge in [-0.05, 0) is 75.1 Å². The van der Waals surface area contributed by atoms with Gasteiger partial charge in [-0.2, -0.15) is 0 Å². The lowest BCUT2D eigenvalue weighted by atomic mass is 9.78. The molecule has 1 saturated heterocycles. The van der Waals surface area contributed by atoms with Gasteiger partial charge in [-0.15, -0.1) is 0 Å². The number of pyridine rings is 1. The summed E-state index contributed by atoms with van der Waals surface area (Å²) < 4.78 is 0. The molecule has 31 heavy (non-hydrogen) atoms. The second-order valence-electron chi connectivity index (χ2n) is 9.43. The number of anilines is 1. The molecule has 2 aromatic carbocycles. The molecule has 3 N–H and O–H groups in total. The maximum atomic E-state index is 11.2. The van der Waals surface area contributed by atoms with Crippen LogP contribution >= 0.6 is 0 Å². The summed E-state index contributed by atoms with van der Waals surface area (Å²) in [7, 11) is 0. The SMILES string of the molecule is Nc1c2c(nc3ccccc13)CCC(CCC1CCN(Cc3ccccc3)CC1)C2O. The van der Waals surface area contributed by atoms with Crippen molar-refractivity contribution in [3.8, 4) is 0 Å². The van der Waals surface area contributed by atoms with Gasteiger partial charge in [0.05, 0.1) is 11.6 Å². The molecule has 0 amide bonds. The van der Waals surface area contributed by atoms with E-state index >= 15 is 0 Å². The minimum atomic E-state index is -0.487. The summed E-state index contributed by atoms with van der Waals surface area (Å²) in [5.74, 6) is 1.06. The highest BCUT2D eigenvalue weighted by Gasteiger charge is 2.32. The minimum absolute atomic E-state index is 0.292. The highest BCUT2D eigenvalue weighted by Crippen LogP contribution is 2.42. The summed E-state index contributed by atoms with van der Waals surface area (Å²) in [4.78, 5) is 7.39. The average Bonchev–Trinajstić information content (AvgIpc) is 2.80. The number of aryl methyl sites for hydroxylation is 1. The van der Waals surface area contributed by atoms with Gasteiger partial charge in [0.15, 0.2) is 0 Å². The summed E-state index contributed by atoms with van der Waals surface area (Å²) >= 11 is 0. The Balaban J connectivity index is 1.18. The highest BCUT2D eigenvalue weighted by atomic mass is 16.3. The molecule has 0 spiro atoms. The summed E-state index contributed by atoms with van der Waals surface area (Å²) in [6, 6.07) is 18.8. The second-order valence-corrected chi connectivity index (χ2v) is 9.43. The van der Waals surface area contributed by atoms with Gasteiger partial charge in [0.2, 0.25) is 0 Å². The predicted molar refractivity (Wildman–Crippen MR) is 127 cm³/mol. The van der Waals surface area contributed by atoms with Crippen molar-refractivity contribution >= 4 is 16.6 Å². The molecule has 2 heterocycles. The van der Waals surface area contributed by atoms with Crippen molar-refractivity contribution in [1.82, 2.24) is 9.88 Å². The van der Waals surface area contributed by atoms with E-state index in [9.17, 15) is 5.11 Å². The van der Waals surface area contributed by atoms with Gasteiger partial charge in [-0.1, -0.05) is 48.5 Å². The zero-order valence-electron chi connectivity index (χ0n) is 18.2. The Bertz CT molecular complexity index is 1030. The Kier molecular flexibility index (Phi) is 5.93. The van der Waals surface area contributed by atoms with E-state index in [0.29, 0.717) is 5.92 Å². The number of piperidine rings is 1. The summed E-state index contributed by atoms with van der Waals surface area (Å²) in [6.45, 7) is 3.42. The first-order chi connectivity index (χ1) is 15.2. The number of rotatable bonds is 5. The van der Waals surface area contributed by atoms with E-state index in [-0.39, 0.29) is 0 Å². The zero-order chi connectivity index (χ0) is 21.2. The number of aliphatic hydroxyl groups excluding tert-OH is 1. The molecule has 1 aromatic heterocycles. The molecule has 4 nitrogen and oxygen atoms in total. The fraction of sp³-hybridized carbons (Fsp3) is 0.444. The number of benzene rings is 2. The summed E-state index contributed by atoms with van der Waals surface area (Å²) in [6.07, 6.45) is 6.25. The van der Waals surface area contributed by atoms with Crippen LogP contribution in [0.2, 0.25) is 0 Å². The molecule has 0 saturated carbocycles. The Morgan fingerprint density at radius 3 is 2.48 bits per heavy atom. The second kappa shape index (κ2) is 8.97. The summed E-state index contributed by atoms with van der Waals surface area (Å²) in [5.41, 5.74) is 11.5. The first-order valence-corrected chi connectivity index (χ1v) is 11.8. The van der Waals surface area contributed by atoms with Gasteiger partial charge in [0.25, 0.3) is 0 Å². The zero-order valence-corrected chi connectivity index (χ0v) is 18.2. The third kappa shape index (κ3) is 4.32. The van der Waals surface area contributed by atoms with Crippen molar-refractivity contribution in [2.24, 2.45) is 11.8 Å². The van der Waals surface area contributed by atoms with Crippen LogP contribution in [-0.4, -0.2) is 28.1 Å². The first-order valence-electron chi connectivity index (χ1n) is 11.8. The number of nitrogens with zero attached hydrogens (tertiary/aromatic N) is 2. The van der Waals surface area contributed by atoms with Crippen LogP contribution in [0.25, 0.3) is 10.9 Å². The Morgan fingerprint density at radius 2 is 1.68 bits per heavy atom. The maximum absolute atomic E-state index is 11.2. The van der Waals surface area contributed by atoms with E-state index in [2.05, 4.69) is 35.2 Å². The Labute approximate surface area is 185 Å². The lowest BCUT2D eigenvalue weighted by molar-refractivity contribution is 0.0795. The molecule has 3 aromatic rings. The standard InChI is InChI=1S/C27H33N3O/c28-26-22-8-4-5-9-23(22)29-24-13-12-21(27(31)25(24)26)11-10-19-14-16-30(17-15-19)18-20-6-2-1-3-7-20/h1-9,19,21,27,31H,10-18H2,(H2,28,29). The highest BCUT2D eigenvalue weighted by molar-refractivity contribution is 5.92. The number of para-hydroxylation sites is 1. The van der Waals surface area contributed by atoms with Gasteiger partial charge in [-0.25, -0.2) is 0 Å². The lowest BCUT2D eigenvalue weighted by Gasteiger charge is -2.35. The molecule has 0 bridgehead atoms. The number of aliphatic hydroxyl groups is 1. The van der Waals surface area contributed by atoms with Crippen LogP contribution in [0.1, 0.15) is 55.0 Å². The molecule has 2 unspecified atom stereocenters. The van der Waals surface area contributed by atoms with Crippen molar-refractivity contribution in [2.45, 2.75) is 51.2 Å². The number of nitrogens with two attached hydrogens (primary N) is 1. The van der Waals surface area contributed by atoms with Gasteiger partial charge in [0.1, 0.15) is 0 Å². The number of likely N-dealkylation sites (tertiary alicyclic amines) is 1. The maximum Gasteiger partial charge on any atom is 0.0856 e. The fourth-order valence-electron chi connectivity index (χ4n) is 5.57. The minimum Gasteiger partial charge on any atom is -0.398 e. The van der Waals surface area contributed by atoms with E-state index in [1.165, 1.54) is 37.9 Å². The average molecular weight is 416 g/mol. The van der Waals surface area contributed by atoms with Crippen LogP contribution in [0.5, 0.6) is 0 Å². The van der Waals surface area contributed by atoms with Gasteiger partial charge < -0.3 is 10.8 Å². The molecule has 162 valence electrons. The Morgan fingerprint density at radius 1 is 0.935 bits per heavy atom. The third-order valence-corrected chi connectivity index (χ3v) is 7.45. The quantitative estimate of drug-likeness (QED) is 0.608. The van der Waals surface area contributed by atoms with Crippen LogP contribution in [0.15, 0.2) is 54.6 Å². The molecule has 2 atom stereocenters. The van der Waals surface area contributed by atoms with Gasteiger partial charge >= 0.3 is 0 Å². The topological polar surface area (TPSA) is 62.4 Å². The number of aromatic nitrogens is 1. The molecule has 0 radical (unpaired) electrons. The van der Waals surface area contributed by atoms with E-state index in [4.69, 9.17) is 10.7 Å². The first kappa shape index (κ1) is 20.5. The van der Waals surface area contributed by atoms with Crippen LogP contribution in [0, 0.1) is 11.8 Å². The molecule has 1 fully saturated rings. The fourth-order valence-corrected chi connectivity index (χ4v) is 5.57. The van der Waals surface area contributed by atoms with Gasteiger partial charge in [0, 0.05) is 28.9 Å². The lowest BCUT2D eigenvalue weighted by Crippen LogP contribution is -2.33.